The summed E-state index contributed by atoms with van der Waals surface area (Å²) in [5.41, 5.74) is 7.05. The van der Waals surface area contributed by atoms with Crippen LogP contribution in [0.2, 0.25) is 0 Å². The SMILES string of the molecule is Cc1nnc(SCC2=C(C(=O)O)N3C(=O)C(NC(=O)C(N)c4ccc(O)cc4)[C@@H]3SC2)s1. The van der Waals surface area contributed by atoms with E-state index in [4.69, 9.17) is 5.73 Å². The first-order valence-electron chi connectivity index (χ1n) is 9.44. The molecule has 2 amide bonds. The summed E-state index contributed by atoms with van der Waals surface area (Å²) in [6.07, 6.45) is 0. The van der Waals surface area contributed by atoms with Gasteiger partial charge in [0, 0.05) is 11.5 Å². The molecule has 13 heteroatoms. The minimum atomic E-state index is -1.18. The van der Waals surface area contributed by atoms with Gasteiger partial charge in [0.1, 0.15) is 33.9 Å². The number of β-lactam (4-membered cyclic amide) rings is 1. The van der Waals surface area contributed by atoms with Crippen LogP contribution in [0.5, 0.6) is 5.75 Å². The Balaban J connectivity index is 1.45. The van der Waals surface area contributed by atoms with Crippen LogP contribution in [0.1, 0.15) is 16.6 Å². The van der Waals surface area contributed by atoms with Crippen LogP contribution in [0.4, 0.5) is 0 Å². The number of carbonyl (C=O) groups excluding carboxylic acids is 2. The standard InChI is InChI=1S/C19H19N5O5S3/c1-8-22-23-19(32-8)31-7-10-6-30-17-13(16(27)24(17)14(10)18(28)29)21-15(26)12(20)9-2-4-11(25)5-3-9/h2-5,12-13,17,25H,6-7,20H2,1H3,(H,21,26)(H,28,29)/t12?,13?,17-/m0/s1. The maximum Gasteiger partial charge on any atom is 0.352 e. The molecule has 1 aromatic heterocycles. The first kappa shape index (κ1) is 22.6. The summed E-state index contributed by atoms with van der Waals surface area (Å²) in [6.45, 7) is 1.84. The third-order valence-corrected chi connectivity index (χ3v) is 8.36. The maximum absolute atomic E-state index is 12.8. The minimum Gasteiger partial charge on any atom is -0.508 e. The monoisotopic (exact) mass is 493 g/mol. The number of carboxylic acids is 1. The number of phenolic OH excluding ortho intramolecular Hbond substituents is 1. The third-order valence-electron chi connectivity index (χ3n) is 4.96. The van der Waals surface area contributed by atoms with Crippen molar-refractivity contribution in [3.8, 4) is 5.75 Å². The van der Waals surface area contributed by atoms with Gasteiger partial charge < -0.3 is 21.3 Å². The molecule has 32 heavy (non-hydrogen) atoms. The van der Waals surface area contributed by atoms with Gasteiger partial charge in [-0.05, 0) is 30.2 Å². The first-order valence-corrected chi connectivity index (χ1v) is 12.3. The summed E-state index contributed by atoms with van der Waals surface area (Å²) in [6, 6.07) is 4.01. The van der Waals surface area contributed by atoms with Crippen LogP contribution in [0, 0.1) is 6.92 Å². The van der Waals surface area contributed by atoms with E-state index in [0.717, 1.165) is 9.35 Å². The molecule has 2 aliphatic heterocycles. The van der Waals surface area contributed by atoms with Crippen LogP contribution < -0.4 is 11.1 Å². The Morgan fingerprint density at radius 2 is 2.06 bits per heavy atom. The number of hydrogen-bond donors (Lipinski definition) is 4. The molecule has 2 unspecified atom stereocenters. The lowest BCUT2D eigenvalue weighted by Crippen LogP contribution is -2.71. The highest BCUT2D eigenvalue weighted by atomic mass is 32.2. The lowest BCUT2D eigenvalue weighted by atomic mass is 10.0. The molecule has 2 aliphatic rings. The van der Waals surface area contributed by atoms with E-state index in [9.17, 15) is 24.6 Å². The zero-order valence-corrected chi connectivity index (χ0v) is 19.2. The Hall–Kier alpha value is -2.61. The molecule has 0 aliphatic carbocycles. The Bertz CT molecular complexity index is 1100. The molecule has 10 nitrogen and oxygen atoms in total. The number of nitrogens with two attached hydrogens (primary N) is 1. The molecule has 1 fully saturated rings. The molecule has 0 bridgehead atoms. The molecular formula is C19H19N5O5S3. The molecule has 3 heterocycles. The second-order valence-corrected chi connectivity index (χ2v) is 10.6. The number of nitrogens with one attached hydrogen (secondary N) is 1. The molecule has 168 valence electrons. The zero-order valence-electron chi connectivity index (χ0n) is 16.7. The predicted molar refractivity (Wildman–Crippen MR) is 120 cm³/mol. The highest BCUT2D eigenvalue weighted by molar-refractivity contribution is 8.01. The van der Waals surface area contributed by atoms with Gasteiger partial charge in [0.15, 0.2) is 4.34 Å². The maximum atomic E-state index is 12.8. The van der Waals surface area contributed by atoms with E-state index < -0.39 is 35.2 Å². The van der Waals surface area contributed by atoms with E-state index in [1.54, 1.807) is 0 Å². The number of thioether (sulfide) groups is 2. The van der Waals surface area contributed by atoms with Crippen molar-refractivity contribution in [1.82, 2.24) is 20.4 Å². The summed E-state index contributed by atoms with van der Waals surface area (Å²) in [4.78, 5) is 38.5. The van der Waals surface area contributed by atoms with E-state index in [1.165, 1.54) is 64.0 Å². The predicted octanol–water partition coefficient (Wildman–Crippen LogP) is 1.08. The van der Waals surface area contributed by atoms with E-state index in [2.05, 4.69) is 15.5 Å². The van der Waals surface area contributed by atoms with Gasteiger partial charge in [-0.1, -0.05) is 35.2 Å². The smallest absolute Gasteiger partial charge is 0.352 e. The van der Waals surface area contributed by atoms with Gasteiger partial charge in [0.05, 0.1) is 0 Å². The van der Waals surface area contributed by atoms with E-state index in [1.807, 2.05) is 6.92 Å². The Morgan fingerprint density at radius 3 is 2.69 bits per heavy atom. The Kier molecular flexibility index (Phi) is 6.42. The number of rotatable bonds is 7. The molecule has 5 N–H and O–H groups in total. The van der Waals surface area contributed by atoms with E-state index >= 15 is 0 Å². The van der Waals surface area contributed by atoms with Crippen LogP contribution in [-0.2, 0) is 14.4 Å². The molecular weight excluding hydrogens is 474 g/mol. The number of aromatic hydroxyl groups is 1. The van der Waals surface area contributed by atoms with Gasteiger partial charge >= 0.3 is 5.97 Å². The summed E-state index contributed by atoms with van der Waals surface area (Å²) in [5.74, 6) is -1.38. The molecule has 3 atom stereocenters. The largest absolute Gasteiger partial charge is 0.508 e. The molecule has 1 saturated heterocycles. The number of carbonyl (C=O) groups is 3. The van der Waals surface area contributed by atoms with Crippen LogP contribution in [-0.4, -0.2) is 66.0 Å². The second kappa shape index (κ2) is 9.10. The third kappa shape index (κ3) is 4.33. The summed E-state index contributed by atoms with van der Waals surface area (Å²) >= 11 is 4.20. The van der Waals surface area contributed by atoms with Gasteiger partial charge in [-0.2, -0.15) is 0 Å². The Morgan fingerprint density at radius 1 is 1.34 bits per heavy atom. The number of carboxylic acid groups (broad SMARTS) is 1. The quantitative estimate of drug-likeness (QED) is 0.325. The number of aromatic nitrogens is 2. The molecule has 0 saturated carbocycles. The number of aryl methyl sites for hydroxylation is 1. The van der Waals surface area contributed by atoms with Gasteiger partial charge in [-0.25, -0.2) is 4.79 Å². The van der Waals surface area contributed by atoms with Crippen LogP contribution in [0.25, 0.3) is 0 Å². The fraction of sp³-hybridized carbons (Fsp3) is 0.316. The van der Waals surface area contributed by atoms with E-state index in [-0.39, 0.29) is 11.4 Å². The van der Waals surface area contributed by atoms with Crippen molar-refractivity contribution >= 4 is 52.6 Å². The molecule has 4 rings (SSSR count). The average molecular weight is 494 g/mol. The highest BCUT2D eigenvalue weighted by Gasteiger charge is 2.54. The summed E-state index contributed by atoms with van der Waals surface area (Å²) in [5, 5.41) is 30.0. The van der Waals surface area contributed by atoms with Crippen molar-refractivity contribution in [3.63, 3.8) is 0 Å². The van der Waals surface area contributed by atoms with Crippen molar-refractivity contribution in [3.05, 3.63) is 46.1 Å². The number of nitrogens with zero attached hydrogens (tertiary/aromatic N) is 3. The van der Waals surface area contributed by atoms with Crippen molar-refractivity contribution in [2.45, 2.75) is 28.7 Å². The average Bonchev–Trinajstić information content (AvgIpc) is 3.20. The number of fused-ring (bicyclic) bond motifs is 1. The zero-order chi connectivity index (χ0) is 23.0. The first-order chi connectivity index (χ1) is 15.3. The molecule has 2 aromatic rings. The number of phenols is 1. The number of benzene rings is 1. The van der Waals surface area contributed by atoms with Crippen LogP contribution in [0.15, 0.2) is 39.9 Å². The van der Waals surface area contributed by atoms with Gasteiger partial charge in [-0.3, -0.25) is 14.5 Å². The lowest BCUT2D eigenvalue weighted by molar-refractivity contribution is -0.150. The van der Waals surface area contributed by atoms with Crippen molar-refractivity contribution in [2.24, 2.45) is 5.73 Å². The van der Waals surface area contributed by atoms with Crippen LogP contribution >= 0.6 is 34.9 Å². The number of hydrogen-bond acceptors (Lipinski definition) is 10. The fourth-order valence-electron chi connectivity index (χ4n) is 3.36. The van der Waals surface area contributed by atoms with Gasteiger partial charge in [0.25, 0.3) is 5.91 Å². The number of aliphatic carboxylic acids is 1. The normalized spacial score (nSPS) is 21.1. The van der Waals surface area contributed by atoms with Gasteiger partial charge in [-0.15, -0.1) is 22.0 Å². The topological polar surface area (TPSA) is 159 Å². The molecule has 1 aromatic carbocycles. The summed E-state index contributed by atoms with van der Waals surface area (Å²) in [7, 11) is 0. The fourth-order valence-corrected chi connectivity index (χ4v) is 6.66. The lowest BCUT2D eigenvalue weighted by Gasteiger charge is -2.49. The molecule has 0 spiro atoms. The highest BCUT2D eigenvalue weighted by Crippen LogP contribution is 2.42. The van der Waals surface area contributed by atoms with Crippen molar-refractivity contribution < 1.29 is 24.6 Å². The van der Waals surface area contributed by atoms with Gasteiger partial charge in [0.2, 0.25) is 5.91 Å². The van der Waals surface area contributed by atoms with Crippen molar-refractivity contribution in [1.29, 1.82) is 0 Å². The van der Waals surface area contributed by atoms with E-state index in [0.29, 0.717) is 22.6 Å². The minimum absolute atomic E-state index is 0.0409. The molecule has 0 radical (unpaired) electrons. The van der Waals surface area contributed by atoms with Crippen LogP contribution in [0.3, 0.4) is 0 Å². The number of amides is 2. The van der Waals surface area contributed by atoms with Crippen molar-refractivity contribution in [2.75, 3.05) is 11.5 Å². The summed E-state index contributed by atoms with van der Waals surface area (Å²) < 4.78 is 0.732. The Labute approximate surface area is 195 Å². The second-order valence-electron chi connectivity index (χ2n) is 7.10.